The first kappa shape index (κ1) is 16.7. The van der Waals surface area contributed by atoms with Gasteiger partial charge in [-0.05, 0) is 49.2 Å². The summed E-state index contributed by atoms with van der Waals surface area (Å²) in [5, 5.41) is 1.87. The van der Waals surface area contributed by atoms with Crippen LogP contribution in [0, 0.1) is 0 Å². The van der Waals surface area contributed by atoms with Crippen molar-refractivity contribution in [2.75, 3.05) is 13.1 Å². The van der Waals surface area contributed by atoms with E-state index < -0.39 is 0 Å². The molecule has 0 bridgehead atoms. The number of rotatable bonds is 2. The van der Waals surface area contributed by atoms with Crippen LogP contribution in [0.1, 0.15) is 34.1 Å². The van der Waals surface area contributed by atoms with Gasteiger partial charge < -0.3 is 9.88 Å². The SMILES string of the molecule is O=C(c1ccc2nc[nH]c2c1)N1CCC(c2nc3cc(Cl)ccc3s2)CC1. The van der Waals surface area contributed by atoms with Crippen LogP contribution in [0.15, 0.2) is 42.7 Å². The summed E-state index contributed by atoms with van der Waals surface area (Å²) in [6.45, 7) is 1.50. The molecule has 1 aliphatic heterocycles. The number of thiazole rings is 1. The zero-order valence-electron chi connectivity index (χ0n) is 14.5. The number of nitrogens with zero attached hydrogens (tertiary/aromatic N) is 3. The molecule has 5 rings (SSSR count). The van der Waals surface area contributed by atoms with Crippen LogP contribution >= 0.6 is 22.9 Å². The van der Waals surface area contributed by atoms with E-state index in [0.717, 1.165) is 47.5 Å². The number of likely N-dealkylation sites (tertiary alicyclic amines) is 1. The van der Waals surface area contributed by atoms with Gasteiger partial charge in [0.15, 0.2) is 0 Å². The number of halogens is 1. The highest BCUT2D eigenvalue weighted by molar-refractivity contribution is 7.18. The Morgan fingerprint density at radius 1 is 1.15 bits per heavy atom. The first-order valence-electron chi connectivity index (χ1n) is 8.96. The molecular weight excluding hydrogens is 380 g/mol. The molecule has 0 atom stereocenters. The molecule has 0 unspecified atom stereocenters. The standard InChI is InChI=1S/C20H17ClN4OS/c21-14-2-4-18-17(10-14)24-19(27-18)12-5-7-25(8-6-12)20(26)13-1-3-15-16(9-13)23-11-22-15/h1-4,9-12H,5-8H2,(H,22,23). The Balaban J connectivity index is 1.30. The largest absolute Gasteiger partial charge is 0.345 e. The van der Waals surface area contributed by atoms with Crippen molar-refractivity contribution >= 4 is 50.1 Å². The lowest BCUT2D eigenvalue weighted by Crippen LogP contribution is -2.37. The van der Waals surface area contributed by atoms with E-state index in [-0.39, 0.29) is 5.91 Å². The molecule has 0 spiro atoms. The minimum atomic E-state index is 0.0843. The highest BCUT2D eigenvalue weighted by atomic mass is 35.5. The predicted octanol–water partition coefficient (Wildman–Crippen LogP) is 4.85. The van der Waals surface area contributed by atoms with Crippen LogP contribution in [0.3, 0.4) is 0 Å². The van der Waals surface area contributed by atoms with Crippen molar-refractivity contribution in [3.05, 3.63) is 58.3 Å². The second kappa shape index (κ2) is 6.62. The van der Waals surface area contributed by atoms with Gasteiger partial charge in [-0.2, -0.15) is 0 Å². The predicted molar refractivity (Wildman–Crippen MR) is 109 cm³/mol. The summed E-state index contributed by atoms with van der Waals surface area (Å²) in [6, 6.07) is 11.5. The van der Waals surface area contributed by atoms with Gasteiger partial charge in [0.25, 0.3) is 5.91 Å². The highest BCUT2D eigenvalue weighted by Gasteiger charge is 2.26. The Labute approximate surface area is 165 Å². The maximum atomic E-state index is 12.9. The molecule has 0 saturated carbocycles. The van der Waals surface area contributed by atoms with Gasteiger partial charge in [0.2, 0.25) is 0 Å². The summed E-state index contributed by atoms with van der Waals surface area (Å²) in [4.78, 5) is 26.8. The van der Waals surface area contributed by atoms with Crippen LogP contribution in [0.5, 0.6) is 0 Å². The maximum Gasteiger partial charge on any atom is 0.253 e. The zero-order chi connectivity index (χ0) is 18.4. The third-order valence-electron chi connectivity index (χ3n) is 5.16. The molecule has 1 saturated heterocycles. The summed E-state index contributed by atoms with van der Waals surface area (Å²) in [5.41, 5.74) is 3.44. The molecule has 2 aromatic carbocycles. The maximum absolute atomic E-state index is 12.9. The molecule has 7 heteroatoms. The van der Waals surface area contributed by atoms with E-state index in [4.69, 9.17) is 16.6 Å². The van der Waals surface area contributed by atoms with Crippen molar-refractivity contribution in [3.63, 3.8) is 0 Å². The van der Waals surface area contributed by atoms with Gasteiger partial charge >= 0.3 is 0 Å². The molecular formula is C20H17ClN4OS. The second-order valence-electron chi connectivity index (χ2n) is 6.87. The fourth-order valence-corrected chi connectivity index (χ4v) is 4.96. The number of benzene rings is 2. The summed E-state index contributed by atoms with van der Waals surface area (Å²) in [6.07, 6.45) is 3.52. The zero-order valence-corrected chi connectivity index (χ0v) is 16.1. The topological polar surface area (TPSA) is 61.9 Å². The average Bonchev–Trinajstić information content (AvgIpc) is 3.33. The Morgan fingerprint density at radius 3 is 2.85 bits per heavy atom. The van der Waals surface area contributed by atoms with Crippen LogP contribution in [-0.4, -0.2) is 38.8 Å². The van der Waals surface area contributed by atoms with Gasteiger partial charge in [0.05, 0.1) is 32.6 Å². The highest BCUT2D eigenvalue weighted by Crippen LogP contribution is 2.35. The lowest BCUT2D eigenvalue weighted by molar-refractivity contribution is 0.0713. The van der Waals surface area contributed by atoms with Gasteiger partial charge in [-0.3, -0.25) is 4.79 Å². The van der Waals surface area contributed by atoms with Crippen LogP contribution in [0.2, 0.25) is 5.02 Å². The molecule has 3 heterocycles. The number of piperidine rings is 1. The number of fused-ring (bicyclic) bond motifs is 2. The van der Waals surface area contributed by atoms with Crippen molar-refractivity contribution in [2.45, 2.75) is 18.8 Å². The Bertz CT molecular complexity index is 1140. The third kappa shape index (κ3) is 3.09. The van der Waals surface area contributed by atoms with E-state index in [2.05, 4.69) is 9.97 Å². The van der Waals surface area contributed by atoms with E-state index in [1.807, 2.05) is 41.3 Å². The van der Waals surface area contributed by atoms with Crippen molar-refractivity contribution in [1.82, 2.24) is 19.9 Å². The number of carbonyl (C=O) groups is 1. The number of amides is 1. The molecule has 5 nitrogen and oxygen atoms in total. The van der Waals surface area contributed by atoms with Crippen LogP contribution in [0.25, 0.3) is 21.3 Å². The summed E-state index contributed by atoms with van der Waals surface area (Å²) >= 11 is 7.81. The monoisotopic (exact) mass is 396 g/mol. The number of H-pyrrole nitrogens is 1. The first-order chi connectivity index (χ1) is 13.2. The molecule has 27 heavy (non-hydrogen) atoms. The Kier molecular flexibility index (Phi) is 4.10. The van der Waals surface area contributed by atoms with E-state index in [1.54, 1.807) is 17.7 Å². The van der Waals surface area contributed by atoms with Gasteiger partial charge in [0, 0.05) is 29.6 Å². The number of nitrogens with one attached hydrogen (secondary N) is 1. The first-order valence-corrected chi connectivity index (χ1v) is 10.2. The van der Waals surface area contributed by atoms with Gasteiger partial charge in [-0.15, -0.1) is 11.3 Å². The molecule has 0 radical (unpaired) electrons. The van der Waals surface area contributed by atoms with E-state index >= 15 is 0 Å². The normalized spacial score (nSPS) is 15.7. The van der Waals surface area contributed by atoms with Gasteiger partial charge in [-0.1, -0.05) is 11.6 Å². The number of aromatic amines is 1. The van der Waals surface area contributed by atoms with Crippen LogP contribution < -0.4 is 0 Å². The third-order valence-corrected chi connectivity index (χ3v) is 6.60. The molecule has 1 N–H and O–H groups in total. The van der Waals surface area contributed by atoms with Crippen LogP contribution in [-0.2, 0) is 0 Å². The number of imidazole rings is 1. The molecule has 2 aromatic heterocycles. The van der Waals surface area contributed by atoms with E-state index in [0.29, 0.717) is 16.5 Å². The number of hydrogen-bond donors (Lipinski definition) is 1. The Morgan fingerprint density at radius 2 is 2.00 bits per heavy atom. The quantitative estimate of drug-likeness (QED) is 0.527. The lowest BCUT2D eigenvalue weighted by Gasteiger charge is -2.31. The van der Waals surface area contributed by atoms with Gasteiger partial charge in [-0.25, -0.2) is 9.97 Å². The number of aromatic nitrogens is 3. The molecule has 136 valence electrons. The summed E-state index contributed by atoms with van der Waals surface area (Å²) in [7, 11) is 0. The smallest absolute Gasteiger partial charge is 0.253 e. The molecule has 0 aliphatic carbocycles. The van der Waals surface area contributed by atoms with Crippen LogP contribution in [0.4, 0.5) is 0 Å². The minimum absolute atomic E-state index is 0.0843. The average molecular weight is 397 g/mol. The number of carbonyl (C=O) groups excluding carboxylic acids is 1. The fourth-order valence-electron chi connectivity index (χ4n) is 3.67. The second-order valence-corrected chi connectivity index (χ2v) is 8.36. The number of hydrogen-bond acceptors (Lipinski definition) is 4. The molecule has 1 amide bonds. The summed E-state index contributed by atoms with van der Waals surface area (Å²) in [5.74, 6) is 0.487. The summed E-state index contributed by atoms with van der Waals surface area (Å²) < 4.78 is 1.17. The van der Waals surface area contributed by atoms with Crippen molar-refractivity contribution in [2.24, 2.45) is 0 Å². The van der Waals surface area contributed by atoms with E-state index in [9.17, 15) is 4.79 Å². The van der Waals surface area contributed by atoms with Crippen molar-refractivity contribution < 1.29 is 4.79 Å². The fraction of sp³-hybridized carbons (Fsp3) is 0.250. The van der Waals surface area contributed by atoms with Crippen molar-refractivity contribution in [3.8, 4) is 0 Å². The van der Waals surface area contributed by atoms with E-state index in [1.165, 1.54) is 4.70 Å². The molecule has 1 aliphatic rings. The Hall–Kier alpha value is -2.44. The lowest BCUT2D eigenvalue weighted by atomic mass is 9.97. The molecule has 4 aromatic rings. The van der Waals surface area contributed by atoms with Crippen molar-refractivity contribution in [1.29, 1.82) is 0 Å². The van der Waals surface area contributed by atoms with Gasteiger partial charge in [0.1, 0.15) is 0 Å². The molecule has 1 fully saturated rings. The minimum Gasteiger partial charge on any atom is -0.345 e.